The van der Waals surface area contributed by atoms with E-state index in [9.17, 15) is 8.42 Å². The van der Waals surface area contributed by atoms with E-state index in [2.05, 4.69) is 10.0 Å². The van der Waals surface area contributed by atoms with Crippen molar-refractivity contribution in [1.29, 1.82) is 0 Å². The number of hydrogen-bond donors (Lipinski definition) is 2. The largest absolute Gasteiger partial charge is 0.378 e. The number of nitrogens with one attached hydrogen (secondary N) is 2. The van der Waals surface area contributed by atoms with Gasteiger partial charge in [0.15, 0.2) is 0 Å². The molecule has 0 heterocycles. The summed E-state index contributed by atoms with van der Waals surface area (Å²) in [6.07, 6.45) is 4.12. The molecule has 21 heavy (non-hydrogen) atoms. The molecule has 0 spiro atoms. The average Bonchev–Trinajstić information content (AvgIpc) is 3.22. The second-order valence-electron chi connectivity index (χ2n) is 5.80. The van der Waals surface area contributed by atoms with Crippen molar-refractivity contribution in [2.75, 3.05) is 36.0 Å². The lowest BCUT2D eigenvalue weighted by molar-refractivity contribution is 0.591. The van der Waals surface area contributed by atoms with Crippen LogP contribution in [-0.4, -0.2) is 40.9 Å². The molecule has 1 fully saturated rings. The van der Waals surface area contributed by atoms with E-state index >= 15 is 0 Å². The lowest BCUT2D eigenvalue weighted by Crippen LogP contribution is -2.20. The third-order valence-corrected chi connectivity index (χ3v) is 4.88. The van der Waals surface area contributed by atoms with Gasteiger partial charge in [0, 0.05) is 31.5 Å². The predicted molar refractivity (Wildman–Crippen MR) is 88.4 cm³/mol. The molecule has 118 valence electrons. The SMILES string of the molecule is CN(C)c1ccc(NS(=O)(=O)CCCCNC2CC2)cc1. The summed E-state index contributed by atoms with van der Waals surface area (Å²) in [6.45, 7) is 0.914. The Balaban J connectivity index is 1.73. The minimum atomic E-state index is -3.24. The Morgan fingerprint density at radius 2 is 1.81 bits per heavy atom. The quantitative estimate of drug-likeness (QED) is 0.685. The number of benzene rings is 1. The highest BCUT2D eigenvalue weighted by atomic mass is 32.2. The molecule has 0 unspecified atom stereocenters. The highest BCUT2D eigenvalue weighted by Gasteiger charge is 2.19. The second kappa shape index (κ2) is 7.13. The first-order valence-electron chi connectivity index (χ1n) is 7.47. The first-order chi connectivity index (χ1) is 9.96. The van der Waals surface area contributed by atoms with Crippen molar-refractivity contribution in [3.63, 3.8) is 0 Å². The molecule has 1 aliphatic carbocycles. The third kappa shape index (κ3) is 5.93. The van der Waals surface area contributed by atoms with Gasteiger partial charge in [-0.05, 0) is 56.5 Å². The molecule has 1 saturated carbocycles. The molecule has 1 aromatic carbocycles. The highest BCUT2D eigenvalue weighted by Crippen LogP contribution is 2.19. The number of sulfonamides is 1. The van der Waals surface area contributed by atoms with Crippen LogP contribution < -0.4 is 14.9 Å². The Hall–Kier alpha value is -1.27. The minimum Gasteiger partial charge on any atom is -0.378 e. The van der Waals surface area contributed by atoms with Gasteiger partial charge in [0.2, 0.25) is 10.0 Å². The van der Waals surface area contributed by atoms with E-state index in [0.29, 0.717) is 18.2 Å². The van der Waals surface area contributed by atoms with Crippen molar-refractivity contribution in [3.05, 3.63) is 24.3 Å². The van der Waals surface area contributed by atoms with Crippen LogP contribution in [0.5, 0.6) is 0 Å². The Bertz CT molecular complexity index is 537. The molecule has 0 bridgehead atoms. The fourth-order valence-electron chi connectivity index (χ4n) is 2.07. The molecule has 0 saturated heterocycles. The van der Waals surface area contributed by atoms with Gasteiger partial charge in [-0.1, -0.05) is 0 Å². The fraction of sp³-hybridized carbons (Fsp3) is 0.600. The van der Waals surface area contributed by atoms with E-state index in [-0.39, 0.29) is 5.75 Å². The van der Waals surface area contributed by atoms with Crippen molar-refractivity contribution in [1.82, 2.24) is 5.32 Å². The maximum absolute atomic E-state index is 12.0. The van der Waals surface area contributed by atoms with Crippen molar-refractivity contribution >= 4 is 21.4 Å². The Labute approximate surface area is 127 Å². The van der Waals surface area contributed by atoms with E-state index in [1.54, 1.807) is 12.1 Å². The standard InChI is InChI=1S/C15H25N3O2S/c1-18(2)15-9-7-14(8-10-15)17-21(19,20)12-4-3-11-16-13-5-6-13/h7-10,13,16-17H,3-6,11-12H2,1-2H3. The zero-order valence-corrected chi connectivity index (χ0v) is 13.6. The normalized spacial score (nSPS) is 15.0. The molecule has 0 amide bonds. The first kappa shape index (κ1) is 16.1. The number of hydrogen-bond acceptors (Lipinski definition) is 4. The summed E-state index contributed by atoms with van der Waals surface area (Å²) >= 11 is 0. The molecule has 0 radical (unpaired) electrons. The second-order valence-corrected chi connectivity index (χ2v) is 7.64. The van der Waals surface area contributed by atoms with Gasteiger partial charge in [0.1, 0.15) is 0 Å². The Kier molecular flexibility index (Phi) is 5.47. The lowest BCUT2D eigenvalue weighted by atomic mass is 10.3. The van der Waals surface area contributed by atoms with Crippen LogP contribution in [0, 0.1) is 0 Å². The molecular weight excluding hydrogens is 286 g/mol. The Morgan fingerprint density at radius 1 is 1.14 bits per heavy atom. The minimum absolute atomic E-state index is 0.175. The molecule has 1 aliphatic rings. The highest BCUT2D eigenvalue weighted by molar-refractivity contribution is 7.92. The van der Waals surface area contributed by atoms with Crippen molar-refractivity contribution in [2.24, 2.45) is 0 Å². The number of unbranched alkanes of at least 4 members (excludes halogenated alkanes) is 1. The van der Waals surface area contributed by atoms with Gasteiger partial charge in [-0.25, -0.2) is 8.42 Å². The first-order valence-corrected chi connectivity index (χ1v) is 9.13. The summed E-state index contributed by atoms with van der Waals surface area (Å²) in [5, 5.41) is 3.39. The van der Waals surface area contributed by atoms with Crippen LogP contribution in [0.2, 0.25) is 0 Å². The molecule has 1 aromatic rings. The van der Waals surface area contributed by atoms with E-state index in [4.69, 9.17) is 0 Å². The van der Waals surface area contributed by atoms with Crippen molar-refractivity contribution < 1.29 is 8.42 Å². The smallest absolute Gasteiger partial charge is 0.232 e. The maximum atomic E-state index is 12.0. The molecule has 2 N–H and O–H groups in total. The van der Waals surface area contributed by atoms with Crippen molar-refractivity contribution in [3.8, 4) is 0 Å². The lowest BCUT2D eigenvalue weighted by Gasteiger charge is -2.13. The topological polar surface area (TPSA) is 61.4 Å². The van der Waals surface area contributed by atoms with Gasteiger partial charge in [0.05, 0.1) is 5.75 Å². The van der Waals surface area contributed by atoms with Crippen LogP contribution in [0.25, 0.3) is 0 Å². The molecule has 0 aliphatic heterocycles. The van der Waals surface area contributed by atoms with Crippen LogP contribution in [-0.2, 0) is 10.0 Å². The van der Waals surface area contributed by atoms with E-state index < -0.39 is 10.0 Å². The van der Waals surface area contributed by atoms with Gasteiger partial charge in [0.25, 0.3) is 0 Å². The van der Waals surface area contributed by atoms with Crippen LogP contribution >= 0.6 is 0 Å². The molecule has 2 rings (SSSR count). The number of nitrogens with zero attached hydrogens (tertiary/aromatic N) is 1. The zero-order valence-electron chi connectivity index (χ0n) is 12.8. The molecule has 6 heteroatoms. The van der Waals surface area contributed by atoms with Gasteiger partial charge in [-0.3, -0.25) is 4.72 Å². The summed E-state index contributed by atoms with van der Waals surface area (Å²) in [5.74, 6) is 0.175. The number of anilines is 2. The van der Waals surface area contributed by atoms with Gasteiger partial charge >= 0.3 is 0 Å². The van der Waals surface area contributed by atoms with E-state index in [1.807, 2.05) is 31.1 Å². The number of rotatable bonds is 9. The monoisotopic (exact) mass is 311 g/mol. The third-order valence-electron chi connectivity index (χ3n) is 3.51. The van der Waals surface area contributed by atoms with Gasteiger partial charge < -0.3 is 10.2 Å². The Morgan fingerprint density at radius 3 is 2.38 bits per heavy atom. The van der Waals surface area contributed by atoms with Gasteiger partial charge in [-0.15, -0.1) is 0 Å². The van der Waals surface area contributed by atoms with Crippen LogP contribution in [0.15, 0.2) is 24.3 Å². The van der Waals surface area contributed by atoms with Crippen LogP contribution in [0.4, 0.5) is 11.4 Å². The van der Waals surface area contributed by atoms with Crippen molar-refractivity contribution in [2.45, 2.75) is 31.7 Å². The molecule has 5 nitrogen and oxygen atoms in total. The summed E-state index contributed by atoms with van der Waals surface area (Å²) in [7, 11) is 0.662. The summed E-state index contributed by atoms with van der Waals surface area (Å²) in [4.78, 5) is 1.98. The predicted octanol–water partition coefficient (Wildman–Crippen LogP) is 2.03. The summed E-state index contributed by atoms with van der Waals surface area (Å²) < 4.78 is 26.6. The fourth-order valence-corrected chi connectivity index (χ4v) is 3.25. The van der Waals surface area contributed by atoms with Gasteiger partial charge in [-0.2, -0.15) is 0 Å². The van der Waals surface area contributed by atoms with Crippen LogP contribution in [0.1, 0.15) is 25.7 Å². The average molecular weight is 311 g/mol. The maximum Gasteiger partial charge on any atom is 0.232 e. The molecule has 0 aromatic heterocycles. The molecule has 0 atom stereocenters. The molecular formula is C15H25N3O2S. The van der Waals surface area contributed by atoms with E-state index in [1.165, 1.54) is 12.8 Å². The summed E-state index contributed by atoms with van der Waals surface area (Å²) in [6, 6.07) is 8.08. The zero-order chi connectivity index (χ0) is 15.3. The van der Waals surface area contributed by atoms with E-state index in [0.717, 1.165) is 18.7 Å². The summed E-state index contributed by atoms with van der Waals surface area (Å²) in [5.41, 5.74) is 1.67. The van der Waals surface area contributed by atoms with Crippen LogP contribution in [0.3, 0.4) is 0 Å².